The maximum atomic E-state index is 13.0. The molecule has 3 aliphatic rings. The molecule has 0 bridgehead atoms. The maximum absolute atomic E-state index is 13.0. The van der Waals surface area contributed by atoms with Gasteiger partial charge in [0.2, 0.25) is 5.91 Å². The van der Waals surface area contributed by atoms with Gasteiger partial charge in [-0.3, -0.25) is 9.69 Å². The number of hydrogen-bond acceptors (Lipinski definition) is 3. The Bertz CT molecular complexity index is 558. The van der Waals surface area contributed by atoms with E-state index in [1.54, 1.807) is 12.1 Å². The molecule has 0 aromatic heterocycles. The number of morpholine rings is 1. The quantitative estimate of drug-likeness (QED) is 0.848. The number of ether oxygens (including phenoxy) is 1. The predicted molar refractivity (Wildman–Crippen MR) is 79.6 cm³/mol. The van der Waals surface area contributed by atoms with E-state index in [1.807, 2.05) is 4.90 Å². The normalized spacial score (nSPS) is 29.0. The summed E-state index contributed by atoms with van der Waals surface area (Å²) >= 11 is 0. The Labute approximate surface area is 129 Å². The lowest BCUT2D eigenvalue weighted by molar-refractivity contribution is -0.153. The highest BCUT2D eigenvalue weighted by Gasteiger charge is 2.43. The van der Waals surface area contributed by atoms with Gasteiger partial charge in [0.15, 0.2) is 0 Å². The predicted octanol–water partition coefficient (Wildman–Crippen LogP) is 1.65. The Hall–Kier alpha value is -1.46. The van der Waals surface area contributed by atoms with Gasteiger partial charge in [0, 0.05) is 26.2 Å². The van der Waals surface area contributed by atoms with Crippen molar-refractivity contribution in [1.29, 1.82) is 0 Å². The van der Waals surface area contributed by atoms with Crippen LogP contribution in [0.5, 0.6) is 0 Å². The summed E-state index contributed by atoms with van der Waals surface area (Å²) in [5.74, 6) is 0.645. The summed E-state index contributed by atoms with van der Waals surface area (Å²) in [6.45, 7) is 3.66. The molecule has 0 N–H and O–H groups in total. The molecule has 2 heterocycles. The molecule has 4 nitrogen and oxygen atoms in total. The Kier molecular flexibility index (Phi) is 3.62. The second kappa shape index (κ2) is 5.63. The molecule has 1 aromatic rings. The fourth-order valence-corrected chi connectivity index (χ4v) is 3.55. The number of benzene rings is 1. The number of fused-ring (bicyclic) bond motifs is 1. The van der Waals surface area contributed by atoms with Gasteiger partial charge in [-0.1, -0.05) is 12.1 Å². The number of likely N-dealkylation sites (tertiary alicyclic amines) is 1. The molecule has 118 valence electrons. The number of carbonyl (C=O) groups excluding carboxylic acids is 1. The van der Waals surface area contributed by atoms with E-state index in [4.69, 9.17) is 4.74 Å². The van der Waals surface area contributed by atoms with Crippen molar-refractivity contribution in [2.45, 2.75) is 31.5 Å². The summed E-state index contributed by atoms with van der Waals surface area (Å²) in [5.41, 5.74) is 0.969. The van der Waals surface area contributed by atoms with Gasteiger partial charge >= 0.3 is 0 Å². The number of carbonyl (C=O) groups is 1. The molecule has 1 saturated carbocycles. The zero-order valence-corrected chi connectivity index (χ0v) is 12.6. The first-order valence-corrected chi connectivity index (χ1v) is 8.07. The number of halogens is 1. The standard InChI is InChI=1S/C17H21FN2O2/c18-14-5-3-13(4-6-14)8-20-15-9-19(7-12-1-2-12)10-16(15)22-11-17(20)21/h3-6,12,15-16H,1-2,7-11H2/t15-,16-/m1/s1. The van der Waals surface area contributed by atoms with Crippen LogP contribution in [-0.4, -0.2) is 54.1 Å². The number of amides is 1. The zero-order valence-electron chi connectivity index (χ0n) is 12.6. The lowest BCUT2D eigenvalue weighted by Gasteiger charge is -2.36. The Morgan fingerprint density at radius 3 is 2.68 bits per heavy atom. The van der Waals surface area contributed by atoms with Crippen LogP contribution in [0.2, 0.25) is 0 Å². The lowest BCUT2D eigenvalue weighted by atomic mass is 10.1. The molecule has 2 saturated heterocycles. The molecule has 1 aliphatic carbocycles. The number of hydrogen-bond donors (Lipinski definition) is 0. The van der Waals surface area contributed by atoms with Gasteiger partial charge in [0.25, 0.3) is 0 Å². The summed E-state index contributed by atoms with van der Waals surface area (Å²) in [7, 11) is 0. The van der Waals surface area contributed by atoms with Crippen LogP contribution in [0.4, 0.5) is 4.39 Å². The second-order valence-electron chi connectivity index (χ2n) is 6.73. The first-order chi connectivity index (χ1) is 10.7. The van der Waals surface area contributed by atoms with Crippen LogP contribution in [0.25, 0.3) is 0 Å². The third-order valence-corrected chi connectivity index (χ3v) is 4.93. The molecular formula is C17H21FN2O2. The molecule has 2 aliphatic heterocycles. The maximum Gasteiger partial charge on any atom is 0.249 e. The molecule has 3 fully saturated rings. The van der Waals surface area contributed by atoms with Crippen LogP contribution >= 0.6 is 0 Å². The van der Waals surface area contributed by atoms with Crippen molar-refractivity contribution in [2.75, 3.05) is 26.2 Å². The first kappa shape index (κ1) is 14.2. The highest BCUT2D eigenvalue weighted by Crippen LogP contribution is 2.33. The second-order valence-corrected chi connectivity index (χ2v) is 6.73. The molecule has 1 amide bonds. The van der Waals surface area contributed by atoms with Crippen LogP contribution in [0.1, 0.15) is 18.4 Å². The van der Waals surface area contributed by atoms with E-state index in [1.165, 1.54) is 25.0 Å². The molecular weight excluding hydrogens is 283 g/mol. The summed E-state index contributed by atoms with van der Waals surface area (Å²) in [6.07, 6.45) is 2.80. The van der Waals surface area contributed by atoms with Gasteiger partial charge in [0.05, 0.1) is 12.1 Å². The van der Waals surface area contributed by atoms with Crippen molar-refractivity contribution < 1.29 is 13.9 Å². The largest absolute Gasteiger partial charge is 0.365 e. The molecule has 0 radical (unpaired) electrons. The topological polar surface area (TPSA) is 32.8 Å². The van der Waals surface area contributed by atoms with E-state index < -0.39 is 0 Å². The van der Waals surface area contributed by atoms with Gasteiger partial charge in [-0.25, -0.2) is 4.39 Å². The Balaban J connectivity index is 1.46. The van der Waals surface area contributed by atoms with Gasteiger partial charge in [-0.05, 0) is 36.5 Å². The Morgan fingerprint density at radius 2 is 1.95 bits per heavy atom. The van der Waals surface area contributed by atoms with Gasteiger partial charge in [-0.15, -0.1) is 0 Å². The van der Waals surface area contributed by atoms with E-state index in [0.29, 0.717) is 6.54 Å². The molecule has 1 aromatic carbocycles. The first-order valence-electron chi connectivity index (χ1n) is 8.07. The van der Waals surface area contributed by atoms with Crippen LogP contribution in [0.3, 0.4) is 0 Å². The lowest BCUT2D eigenvalue weighted by Crippen LogP contribution is -2.53. The van der Waals surface area contributed by atoms with Gasteiger partial charge in [0.1, 0.15) is 12.4 Å². The number of nitrogens with zero attached hydrogens (tertiary/aromatic N) is 2. The van der Waals surface area contributed by atoms with Crippen molar-refractivity contribution in [3.05, 3.63) is 35.6 Å². The fraction of sp³-hybridized carbons (Fsp3) is 0.588. The third kappa shape index (κ3) is 2.88. The third-order valence-electron chi connectivity index (χ3n) is 4.93. The average molecular weight is 304 g/mol. The molecule has 2 atom stereocenters. The highest BCUT2D eigenvalue weighted by molar-refractivity contribution is 5.78. The molecule has 5 heteroatoms. The zero-order chi connectivity index (χ0) is 15.1. The van der Waals surface area contributed by atoms with Crippen molar-refractivity contribution in [1.82, 2.24) is 9.80 Å². The monoisotopic (exact) mass is 304 g/mol. The summed E-state index contributed by atoms with van der Waals surface area (Å²) in [5, 5.41) is 0. The summed E-state index contributed by atoms with van der Waals surface area (Å²) < 4.78 is 18.8. The van der Waals surface area contributed by atoms with Crippen molar-refractivity contribution >= 4 is 5.91 Å². The molecule has 4 rings (SSSR count). The van der Waals surface area contributed by atoms with Gasteiger partial charge in [-0.2, -0.15) is 0 Å². The van der Waals surface area contributed by atoms with E-state index in [0.717, 1.165) is 31.1 Å². The van der Waals surface area contributed by atoms with Crippen LogP contribution in [-0.2, 0) is 16.1 Å². The van der Waals surface area contributed by atoms with Gasteiger partial charge < -0.3 is 9.64 Å². The van der Waals surface area contributed by atoms with Crippen molar-refractivity contribution in [3.8, 4) is 0 Å². The summed E-state index contributed by atoms with van der Waals surface area (Å²) in [4.78, 5) is 16.6. The minimum Gasteiger partial charge on any atom is -0.365 e. The van der Waals surface area contributed by atoms with E-state index in [2.05, 4.69) is 4.90 Å². The summed E-state index contributed by atoms with van der Waals surface area (Å²) in [6, 6.07) is 6.54. The minimum absolute atomic E-state index is 0.0406. The van der Waals surface area contributed by atoms with Crippen LogP contribution < -0.4 is 0 Å². The fourth-order valence-electron chi connectivity index (χ4n) is 3.55. The van der Waals surface area contributed by atoms with Crippen LogP contribution in [0.15, 0.2) is 24.3 Å². The highest BCUT2D eigenvalue weighted by atomic mass is 19.1. The van der Waals surface area contributed by atoms with E-state index in [-0.39, 0.29) is 30.5 Å². The molecule has 0 spiro atoms. The van der Waals surface area contributed by atoms with Crippen LogP contribution in [0, 0.1) is 11.7 Å². The Morgan fingerprint density at radius 1 is 1.18 bits per heavy atom. The molecule has 0 unspecified atom stereocenters. The smallest absolute Gasteiger partial charge is 0.249 e. The van der Waals surface area contributed by atoms with E-state index in [9.17, 15) is 9.18 Å². The van der Waals surface area contributed by atoms with Crippen molar-refractivity contribution in [3.63, 3.8) is 0 Å². The minimum atomic E-state index is -0.244. The number of rotatable bonds is 4. The molecule has 22 heavy (non-hydrogen) atoms. The van der Waals surface area contributed by atoms with Crippen molar-refractivity contribution in [2.24, 2.45) is 5.92 Å². The van der Waals surface area contributed by atoms with E-state index >= 15 is 0 Å². The average Bonchev–Trinajstić information content (AvgIpc) is 3.22. The SMILES string of the molecule is O=C1CO[C@@H]2CN(CC3CC3)C[C@H]2N1Cc1ccc(F)cc1.